The van der Waals surface area contributed by atoms with Crippen molar-refractivity contribution in [3.63, 3.8) is 0 Å². The van der Waals surface area contributed by atoms with Crippen molar-refractivity contribution < 1.29 is 4.79 Å². The molecule has 0 bridgehead atoms. The molecule has 1 saturated heterocycles. The highest BCUT2D eigenvalue weighted by molar-refractivity contribution is 5.79. The Morgan fingerprint density at radius 1 is 1.38 bits per heavy atom. The number of hydrogen-bond acceptors (Lipinski definition) is 2. The molecule has 0 aromatic rings. The molecule has 2 unspecified atom stereocenters. The van der Waals surface area contributed by atoms with E-state index in [9.17, 15) is 4.79 Å². The molecule has 0 aromatic carbocycles. The van der Waals surface area contributed by atoms with Crippen molar-refractivity contribution in [3.05, 3.63) is 0 Å². The quantitative estimate of drug-likeness (QED) is 0.753. The first kappa shape index (κ1) is 13.5. The molecule has 0 aromatic heterocycles. The third-order valence-corrected chi connectivity index (χ3v) is 3.51. The molecule has 2 N–H and O–H groups in total. The first-order valence-electron chi connectivity index (χ1n) is 6.54. The number of nitrogens with zero attached hydrogens (tertiary/aromatic N) is 1. The van der Waals surface area contributed by atoms with Crippen LogP contribution >= 0.6 is 0 Å². The maximum Gasteiger partial charge on any atom is 0.223 e. The highest BCUT2D eigenvalue weighted by Gasteiger charge is 2.31. The Labute approximate surface area is 99.4 Å². The van der Waals surface area contributed by atoms with Crippen LogP contribution in [0.5, 0.6) is 0 Å². The van der Waals surface area contributed by atoms with Gasteiger partial charge in [0.15, 0.2) is 0 Å². The van der Waals surface area contributed by atoms with E-state index < -0.39 is 0 Å². The van der Waals surface area contributed by atoms with Crippen molar-refractivity contribution in [1.29, 1.82) is 0 Å². The molecule has 2 atom stereocenters. The van der Waals surface area contributed by atoms with Gasteiger partial charge in [-0.25, -0.2) is 0 Å². The highest BCUT2D eigenvalue weighted by atomic mass is 16.2. The summed E-state index contributed by atoms with van der Waals surface area (Å²) in [6.07, 6.45) is 4.26. The molecule has 16 heavy (non-hydrogen) atoms. The van der Waals surface area contributed by atoms with Gasteiger partial charge in [0, 0.05) is 19.0 Å². The molecular weight excluding hydrogens is 200 g/mol. The summed E-state index contributed by atoms with van der Waals surface area (Å²) in [7, 11) is 0. The summed E-state index contributed by atoms with van der Waals surface area (Å²) in [6, 6.07) is 0.391. The Balaban J connectivity index is 2.31. The van der Waals surface area contributed by atoms with Crippen LogP contribution in [0.25, 0.3) is 0 Å². The van der Waals surface area contributed by atoms with Crippen molar-refractivity contribution in [2.75, 3.05) is 13.1 Å². The zero-order chi connectivity index (χ0) is 12.1. The summed E-state index contributed by atoms with van der Waals surface area (Å²) in [5, 5.41) is 0. The van der Waals surface area contributed by atoms with Crippen LogP contribution in [-0.4, -0.2) is 29.9 Å². The van der Waals surface area contributed by atoms with Gasteiger partial charge in [0.05, 0.1) is 0 Å². The van der Waals surface area contributed by atoms with E-state index in [0.717, 1.165) is 18.9 Å². The van der Waals surface area contributed by atoms with Gasteiger partial charge in [-0.15, -0.1) is 0 Å². The van der Waals surface area contributed by atoms with E-state index in [0.29, 0.717) is 30.8 Å². The van der Waals surface area contributed by atoms with Gasteiger partial charge in [-0.1, -0.05) is 26.7 Å². The third kappa shape index (κ3) is 3.78. The summed E-state index contributed by atoms with van der Waals surface area (Å²) < 4.78 is 0. The van der Waals surface area contributed by atoms with Crippen LogP contribution in [0.2, 0.25) is 0 Å². The second-order valence-electron chi connectivity index (χ2n) is 5.53. The molecule has 0 aliphatic carbocycles. The summed E-state index contributed by atoms with van der Waals surface area (Å²) in [4.78, 5) is 13.8. The molecule has 0 saturated carbocycles. The lowest BCUT2D eigenvalue weighted by Crippen LogP contribution is -2.34. The number of carbonyl (C=O) groups is 1. The average molecular weight is 226 g/mol. The molecule has 1 fully saturated rings. The molecule has 1 heterocycles. The van der Waals surface area contributed by atoms with E-state index in [1.807, 2.05) is 4.90 Å². The summed E-state index contributed by atoms with van der Waals surface area (Å²) >= 11 is 0. The first-order chi connectivity index (χ1) is 7.54. The van der Waals surface area contributed by atoms with Gasteiger partial charge >= 0.3 is 0 Å². The van der Waals surface area contributed by atoms with Crippen LogP contribution in [0.3, 0.4) is 0 Å². The molecular formula is C13H26N2O. The second kappa shape index (κ2) is 6.24. The van der Waals surface area contributed by atoms with Gasteiger partial charge in [0.25, 0.3) is 0 Å². The first-order valence-corrected chi connectivity index (χ1v) is 6.54. The Bertz CT molecular complexity index is 228. The van der Waals surface area contributed by atoms with E-state index in [-0.39, 0.29) is 0 Å². The zero-order valence-electron chi connectivity index (χ0n) is 10.9. The lowest BCUT2D eigenvalue weighted by molar-refractivity contribution is -0.129. The second-order valence-corrected chi connectivity index (χ2v) is 5.53. The fourth-order valence-corrected chi connectivity index (χ4v) is 2.37. The molecule has 94 valence electrons. The molecule has 3 nitrogen and oxygen atoms in total. The van der Waals surface area contributed by atoms with E-state index in [2.05, 4.69) is 20.8 Å². The van der Waals surface area contributed by atoms with E-state index in [1.165, 1.54) is 12.8 Å². The number of hydrogen-bond donors (Lipinski definition) is 1. The minimum absolute atomic E-state index is 0.299. The number of carbonyl (C=O) groups excluding carboxylic acids is 1. The van der Waals surface area contributed by atoms with Gasteiger partial charge in [-0.05, 0) is 31.7 Å². The van der Waals surface area contributed by atoms with Crippen LogP contribution < -0.4 is 5.73 Å². The fourth-order valence-electron chi connectivity index (χ4n) is 2.37. The molecule has 1 aliphatic heterocycles. The van der Waals surface area contributed by atoms with Crippen LogP contribution in [0.1, 0.15) is 46.5 Å². The monoisotopic (exact) mass is 226 g/mol. The Kier molecular flexibility index (Phi) is 5.26. The lowest BCUT2D eigenvalue weighted by Gasteiger charge is -2.25. The minimum Gasteiger partial charge on any atom is -0.340 e. The molecule has 1 rings (SSSR count). The normalized spacial score (nSPS) is 23.2. The molecule has 1 amide bonds. The van der Waals surface area contributed by atoms with Crippen molar-refractivity contribution in [2.24, 2.45) is 17.6 Å². The molecule has 0 spiro atoms. The van der Waals surface area contributed by atoms with E-state index in [4.69, 9.17) is 5.73 Å². The number of nitrogens with two attached hydrogens (primary N) is 1. The Morgan fingerprint density at radius 3 is 2.56 bits per heavy atom. The smallest absolute Gasteiger partial charge is 0.223 e. The largest absolute Gasteiger partial charge is 0.340 e. The van der Waals surface area contributed by atoms with Gasteiger partial charge in [-0.2, -0.15) is 0 Å². The predicted molar refractivity (Wildman–Crippen MR) is 67.0 cm³/mol. The number of likely N-dealkylation sites (tertiary alicyclic amines) is 1. The van der Waals surface area contributed by atoms with Crippen LogP contribution in [0.15, 0.2) is 0 Å². The summed E-state index contributed by atoms with van der Waals surface area (Å²) in [5.41, 5.74) is 5.62. The van der Waals surface area contributed by atoms with E-state index >= 15 is 0 Å². The Hall–Kier alpha value is -0.570. The average Bonchev–Trinajstić information content (AvgIpc) is 2.59. The fraction of sp³-hybridized carbons (Fsp3) is 0.923. The van der Waals surface area contributed by atoms with Gasteiger partial charge < -0.3 is 10.6 Å². The SMILES string of the molecule is CC(C)CCCC(C)N1CC(CN)CC1=O. The lowest BCUT2D eigenvalue weighted by atomic mass is 10.0. The van der Waals surface area contributed by atoms with Gasteiger partial charge in [-0.3, -0.25) is 4.79 Å². The maximum atomic E-state index is 11.8. The van der Waals surface area contributed by atoms with Crippen LogP contribution in [0.4, 0.5) is 0 Å². The highest BCUT2D eigenvalue weighted by Crippen LogP contribution is 2.22. The topological polar surface area (TPSA) is 46.3 Å². The van der Waals surface area contributed by atoms with Crippen LogP contribution in [0, 0.1) is 11.8 Å². The predicted octanol–water partition coefficient (Wildman–Crippen LogP) is 2.01. The molecule has 0 radical (unpaired) electrons. The summed E-state index contributed by atoms with van der Waals surface area (Å²) in [6.45, 7) is 8.17. The van der Waals surface area contributed by atoms with Crippen LogP contribution in [-0.2, 0) is 4.79 Å². The van der Waals surface area contributed by atoms with Crippen molar-refractivity contribution in [3.8, 4) is 0 Å². The van der Waals surface area contributed by atoms with Crippen molar-refractivity contribution in [2.45, 2.75) is 52.5 Å². The zero-order valence-corrected chi connectivity index (χ0v) is 10.9. The number of amides is 1. The third-order valence-electron chi connectivity index (χ3n) is 3.51. The standard InChI is InChI=1S/C13H26N2O/c1-10(2)5-4-6-11(3)15-9-12(8-14)7-13(15)16/h10-12H,4-9,14H2,1-3H3. The van der Waals surface area contributed by atoms with Gasteiger partial charge in [0.1, 0.15) is 0 Å². The van der Waals surface area contributed by atoms with E-state index in [1.54, 1.807) is 0 Å². The number of rotatable bonds is 6. The maximum absolute atomic E-state index is 11.8. The summed E-state index contributed by atoms with van der Waals surface area (Å²) in [5.74, 6) is 1.45. The van der Waals surface area contributed by atoms with Crippen molar-refractivity contribution in [1.82, 2.24) is 4.90 Å². The molecule has 3 heteroatoms. The minimum atomic E-state index is 0.299. The van der Waals surface area contributed by atoms with Crippen molar-refractivity contribution >= 4 is 5.91 Å². The Morgan fingerprint density at radius 2 is 2.06 bits per heavy atom. The van der Waals surface area contributed by atoms with Gasteiger partial charge in [0.2, 0.25) is 5.91 Å². The molecule has 1 aliphatic rings.